The van der Waals surface area contributed by atoms with Crippen LogP contribution in [0.2, 0.25) is 0 Å². The molecule has 0 aliphatic carbocycles. The lowest BCUT2D eigenvalue weighted by Crippen LogP contribution is -2.48. The highest BCUT2D eigenvalue weighted by Crippen LogP contribution is 2.30. The Hall–Kier alpha value is -1.90. The number of nitrogens with zero attached hydrogens (tertiary/aromatic N) is 3. The predicted molar refractivity (Wildman–Crippen MR) is 110 cm³/mol. The number of rotatable bonds is 4. The van der Waals surface area contributed by atoms with Crippen LogP contribution >= 0.6 is 0 Å². The number of carbonyl (C=O) groups excluding carboxylic acids is 1. The lowest BCUT2D eigenvalue weighted by Gasteiger charge is -2.41. The Balaban J connectivity index is 1.41. The molecule has 2 heterocycles. The van der Waals surface area contributed by atoms with Gasteiger partial charge in [0.25, 0.3) is 0 Å². The molecule has 2 saturated heterocycles. The Bertz CT molecular complexity index is 686. The Morgan fingerprint density at radius 2 is 1.68 bits per heavy atom. The van der Waals surface area contributed by atoms with Crippen molar-refractivity contribution in [1.82, 2.24) is 9.80 Å². The second kappa shape index (κ2) is 9.07. The minimum atomic E-state index is -0.408. The maximum atomic E-state index is 12.0. The molecule has 152 valence electrons. The van der Waals surface area contributed by atoms with E-state index < -0.39 is 5.60 Å². The van der Waals surface area contributed by atoms with Gasteiger partial charge in [0.05, 0.1) is 18.2 Å². The Morgan fingerprint density at radius 1 is 1.07 bits per heavy atom. The van der Waals surface area contributed by atoms with Gasteiger partial charge in [-0.2, -0.15) is 5.26 Å². The lowest BCUT2D eigenvalue weighted by molar-refractivity contribution is -0.156. The second-order valence-electron chi connectivity index (χ2n) is 9.14. The van der Waals surface area contributed by atoms with Gasteiger partial charge in [-0.3, -0.25) is 9.69 Å². The zero-order chi connectivity index (χ0) is 20.1. The summed E-state index contributed by atoms with van der Waals surface area (Å²) in [6, 6.07) is 10.9. The van der Waals surface area contributed by atoms with E-state index in [-0.39, 0.29) is 5.97 Å². The van der Waals surface area contributed by atoms with E-state index in [1.165, 1.54) is 18.4 Å². The van der Waals surface area contributed by atoms with Gasteiger partial charge in [-0.05, 0) is 83.2 Å². The highest BCUT2D eigenvalue weighted by molar-refractivity contribution is 5.72. The number of piperidine rings is 2. The van der Waals surface area contributed by atoms with Crippen LogP contribution in [0.1, 0.15) is 63.5 Å². The maximum Gasteiger partial charge on any atom is 0.320 e. The van der Waals surface area contributed by atoms with Crippen molar-refractivity contribution in [3.8, 4) is 6.07 Å². The van der Waals surface area contributed by atoms with Crippen LogP contribution in [0.15, 0.2) is 24.3 Å². The van der Waals surface area contributed by atoms with E-state index in [9.17, 15) is 4.79 Å². The molecule has 0 spiro atoms. The molecule has 0 N–H and O–H groups in total. The molecular formula is C23H33N3O2. The molecule has 5 heteroatoms. The fourth-order valence-electron chi connectivity index (χ4n) is 4.43. The third-order valence-electron chi connectivity index (χ3n) is 5.89. The molecule has 0 aromatic heterocycles. The first kappa shape index (κ1) is 20.8. The molecule has 1 aromatic carbocycles. The third kappa shape index (κ3) is 5.80. The Morgan fingerprint density at radius 3 is 2.21 bits per heavy atom. The first-order valence-corrected chi connectivity index (χ1v) is 10.5. The van der Waals surface area contributed by atoms with Crippen LogP contribution in [0.25, 0.3) is 0 Å². The Labute approximate surface area is 169 Å². The molecule has 2 fully saturated rings. The van der Waals surface area contributed by atoms with E-state index in [2.05, 4.69) is 28.0 Å². The topological polar surface area (TPSA) is 56.6 Å². The Kier molecular flexibility index (Phi) is 6.74. The van der Waals surface area contributed by atoms with Crippen LogP contribution < -0.4 is 0 Å². The molecular weight excluding hydrogens is 350 g/mol. The van der Waals surface area contributed by atoms with Crippen molar-refractivity contribution in [2.24, 2.45) is 0 Å². The molecule has 3 rings (SSSR count). The SMILES string of the molecule is CC(C)(C)OC(=O)CN1CCC(N2CCC(c3ccc(C#N)cc3)CC2)CC1. The summed E-state index contributed by atoms with van der Waals surface area (Å²) in [6.07, 6.45) is 4.63. The fourth-order valence-corrected chi connectivity index (χ4v) is 4.43. The van der Waals surface area contributed by atoms with E-state index >= 15 is 0 Å². The monoisotopic (exact) mass is 383 g/mol. The molecule has 0 saturated carbocycles. The number of benzene rings is 1. The minimum absolute atomic E-state index is 0.116. The number of carbonyl (C=O) groups is 1. The quantitative estimate of drug-likeness (QED) is 0.745. The van der Waals surface area contributed by atoms with Gasteiger partial charge in [0, 0.05) is 19.1 Å². The molecule has 2 aliphatic rings. The summed E-state index contributed by atoms with van der Waals surface area (Å²) in [4.78, 5) is 16.9. The summed E-state index contributed by atoms with van der Waals surface area (Å²) < 4.78 is 5.44. The summed E-state index contributed by atoms with van der Waals surface area (Å²) in [7, 11) is 0. The summed E-state index contributed by atoms with van der Waals surface area (Å²) in [6.45, 7) is 10.4. The smallest absolute Gasteiger partial charge is 0.320 e. The van der Waals surface area contributed by atoms with Crippen molar-refractivity contribution in [1.29, 1.82) is 5.26 Å². The van der Waals surface area contributed by atoms with Crippen molar-refractivity contribution in [3.63, 3.8) is 0 Å². The molecule has 2 aliphatic heterocycles. The van der Waals surface area contributed by atoms with Gasteiger partial charge in [0.15, 0.2) is 0 Å². The van der Waals surface area contributed by atoms with Crippen molar-refractivity contribution in [2.45, 2.75) is 64.0 Å². The summed E-state index contributed by atoms with van der Waals surface area (Å²) in [5, 5.41) is 8.95. The van der Waals surface area contributed by atoms with Crippen LogP contribution in [0.4, 0.5) is 0 Å². The van der Waals surface area contributed by atoms with Crippen LogP contribution in [0, 0.1) is 11.3 Å². The van der Waals surface area contributed by atoms with E-state index in [1.54, 1.807) is 0 Å². The lowest BCUT2D eigenvalue weighted by atomic mass is 9.87. The number of ether oxygens (including phenoxy) is 1. The molecule has 0 radical (unpaired) electrons. The van der Waals surface area contributed by atoms with Crippen LogP contribution in [-0.2, 0) is 9.53 Å². The van der Waals surface area contributed by atoms with Crippen molar-refractivity contribution in [3.05, 3.63) is 35.4 Å². The average Bonchev–Trinajstić information content (AvgIpc) is 2.67. The van der Waals surface area contributed by atoms with Crippen molar-refractivity contribution < 1.29 is 9.53 Å². The maximum absolute atomic E-state index is 12.0. The van der Waals surface area contributed by atoms with Gasteiger partial charge >= 0.3 is 5.97 Å². The van der Waals surface area contributed by atoms with Gasteiger partial charge in [0.2, 0.25) is 0 Å². The van der Waals surface area contributed by atoms with Crippen LogP contribution in [0.3, 0.4) is 0 Å². The number of nitriles is 1. The van der Waals surface area contributed by atoms with Gasteiger partial charge in [-0.15, -0.1) is 0 Å². The first-order chi connectivity index (χ1) is 13.3. The van der Waals surface area contributed by atoms with Gasteiger partial charge in [-0.1, -0.05) is 12.1 Å². The molecule has 28 heavy (non-hydrogen) atoms. The second-order valence-corrected chi connectivity index (χ2v) is 9.14. The molecule has 0 unspecified atom stereocenters. The highest BCUT2D eigenvalue weighted by atomic mass is 16.6. The zero-order valence-corrected chi connectivity index (χ0v) is 17.5. The summed E-state index contributed by atoms with van der Waals surface area (Å²) in [5.41, 5.74) is 1.69. The highest BCUT2D eigenvalue weighted by Gasteiger charge is 2.29. The summed E-state index contributed by atoms with van der Waals surface area (Å²) >= 11 is 0. The minimum Gasteiger partial charge on any atom is -0.459 e. The fraction of sp³-hybridized carbons (Fsp3) is 0.652. The van der Waals surface area contributed by atoms with Crippen LogP contribution in [0.5, 0.6) is 0 Å². The third-order valence-corrected chi connectivity index (χ3v) is 5.89. The van der Waals surface area contributed by atoms with E-state index in [0.717, 1.165) is 44.6 Å². The van der Waals surface area contributed by atoms with Crippen molar-refractivity contribution >= 4 is 5.97 Å². The summed E-state index contributed by atoms with van der Waals surface area (Å²) in [5.74, 6) is 0.491. The van der Waals surface area contributed by atoms with Crippen molar-refractivity contribution in [2.75, 3.05) is 32.7 Å². The molecule has 0 bridgehead atoms. The average molecular weight is 384 g/mol. The molecule has 0 amide bonds. The van der Waals surface area contributed by atoms with E-state index in [4.69, 9.17) is 10.00 Å². The van der Waals surface area contributed by atoms with E-state index in [0.29, 0.717) is 18.5 Å². The molecule has 5 nitrogen and oxygen atoms in total. The number of hydrogen-bond donors (Lipinski definition) is 0. The van der Waals surface area contributed by atoms with E-state index in [1.807, 2.05) is 32.9 Å². The number of likely N-dealkylation sites (tertiary alicyclic amines) is 2. The molecule has 1 aromatic rings. The van der Waals surface area contributed by atoms with Gasteiger partial charge < -0.3 is 9.64 Å². The normalized spacial score (nSPS) is 20.6. The zero-order valence-electron chi connectivity index (χ0n) is 17.5. The number of esters is 1. The predicted octanol–water partition coefficient (Wildman–Crippen LogP) is 3.54. The standard InChI is InChI=1S/C23H33N3O2/c1-23(2,3)28-22(27)17-25-12-10-21(11-13-25)26-14-8-20(9-15-26)19-6-4-18(16-24)5-7-19/h4-7,20-21H,8-15,17H2,1-3H3. The number of hydrogen-bond acceptors (Lipinski definition) is 5. The first-order valence-electron chi connectivity index (χ1n) is 10.5. The largest absolute Gasteiger partial charge is 0.459 e. The van der Waals surface area contributed by atoms with Gasteiger partial charge in [0.1, 0.15) is 5.60 Å². The molecule has 0 atom stereocenters. The van der Waals surface area contributed by atoms with Crippen LogP contribution in [-0.4, -0.2) is 60.1 Å². The van der Waals surface area contributed by atoms with Gasteiger partial charge in [-0.25, -0.2) is 0 Å².